The number of aromatic nitrogens is 2. The molecule has 0 unspecified atom stereocenters. The van der Waals surface area contributed by atoms with Crippen LogP contribution in [0.15, 0.2) is 34.2 Å². The molecule has 0 aromatic carbocycles. The number of H-pyrrole nitrogens is 1. The van der Waals surface area contributed by atoms with E-state index in [4.69, 9.17) is 13.6 Å². The van der Waals surface area contributed by atoms with Gasteiger partial charge in [0.05, 0.1) is 0 Å². The summed E-state index contributed by atoms with van der Waals surface area (Å²) in [6, 6.07) is 1.30. The summed E-state index contributed by atoms with van der Waals surface area (Å²) in [5.41, 5.74) is -0.999. The first-order valence-electron chi connectivity index (χ1n) is 10.4. The molecule has 2 heterocycles. The van der Waals surface area contributed by atoms with Crippen molar-refractivity contribution < 1.29 is 13.6 Å². The molecule has 1 aromatic heterocycles. The molecular formula is C21H38N2O5Si2. The summed E-state index contributed by atoms with van der Waals surface area (Å²) in [7, 11) is -4.42. The molecule has 2 rings (SSSR count). The second kappa shape index (κ2) is 7.92. The van der Waals surface area contributed by atoms with Gasteiger partial charge in [-0.25, -0.2) is 4.79 Å². The quantitative estimate of drug-likeness (QED) is 0.669. The SMILES string of the molecule is C=C1O[C@@H](n2ccc(=O)[nH]c2=O)[C@H](O[Si](C)(C)C(C)(C)C)[C@H]1O[Si](C)(C)C(C)(C)C. The molecule has 0 spiro atoms. The maximum atomic E-state index is 12.5. The number of ether oxygens (including phenoxy) is 1. The van der Waals surface area contributed by atoms with Crippen LogP contribution in [0.4, 0.5) is 0 Å². The zero-order chi connectivity index (χ0) is 23.3. The maximum Gasteiger partial charge on any atom is 0.331 e. The van der Waals surface area contributed by atoms with E-state index in [-0.39, 0.29) is 10.1 Å². The highest BCUT2D eigenvalue weighted by Gasteiger charge is 2.52. The molecule has 1 aliphatic rings. The third kappa shape index (κ3) is 4.90. The second-order valence-corrected chi connectivity index (χ2v) is 20.6. The van der Waals surface area contributed by atoms with E-state index in [0.29, 0.717) is 5.76 Å². The molecule has 30 heavy (non-hydrogen) atoms. The van der Waals surface area contributed by atoms with Crippen LogP contribution in [0, 0.1) is 0 Å². The molecule has 0 bridgehead atoms. The van der Waals surface area contributed by atoms with Crippen LogP contribution in [0.25, 0.3) is 0 Å². The van der Waals surface area contributed by atoms with Crippen LogP contribution in [0.1, 0.15) is 47.8 Å². The lowest BCUT2D eigenvalue weighted by molar-refractivity contribution is -0.00649. The molecule has 1 aliphatic heterocycles. The number of hydrogen-bond acceptors (Lipinski definition) is 5. The number of hydrogen-bond donors (Lipinski definition) is 1. The second-order valence-electron chi connectivity index (χ2n) is 11.1. The third-order valence-electron chi connectivity index (χ3n) is 6.76. The van der Waals surface area contributed by atoms with Crippen molar-refractivity contribution in [3.63, 3.8) is 0 Å². The van der Waals surface area contributed by atoms with Gasteiger partial charge in [0.25, 0.3) is 5.56 Å². The molecule has 170 valence electrons. The Morgan fingerprint density at radius 2 is 1.50 bits per heavy atom. The van der Waals surface area contributed by atoms with E-state index in [9.17, 15) is 9.59 Å². The highest BCUT2D eigenvalue weighted by molar-refractivity contribution is 6.74. The zero-order valence-corrected chi connectivity index (χ0v) is 22.1. The van der Waals surface area contributed by atoms with Crippen LogP contribution in [0.3, 0.4) is 0 Å². The summed E-state index contributed by atoms with van der Waals surface area (Å²) in [5.74, 6) is 0.451. The van der Waals surface area contributed by atoms with Gasteiger partial charge in [-0.05, 0) is 36.3 Å². The molecule has 3 atom stereocenters. The molecule has 1 aromatic rings. The van der Waals surface area contributed by atoms with Crippen molar-refractivity contribution in [2.45, 2.75) is 96.2 Å². The van der Waals surface area contributed by atoms with E-state index in [1.165, 1.54) is 16.8 Å². The molecule has 0 amide bonds. The number of aromatic amines is 1. The summed E-state index contributed by atoms with van der Waals surface area (Å²) < 4.78 is 20.9. The van der Waals surface area contributed by atoms with Crippen LogP contribution in [0.2, 0.25) is 36.3 Å². The molecule has 9 heteroatoms. The molecule has 0 radical (unpaired) electrons. The van der Waals surface area contributed by atoms with Gasteiger partial charge >= 0.3 is 5.69 Å². The van der Waals surface area contributed by atoms with Gasteiger partial charge in [-0.15, -0.1) is 0 Å². The molecule has 1 saturated heterocycles. The topological polar surface area (TPSA) is 82.6 Å². The predicted molar refractivity (Wildman–Crippen MR) is 125 cm³/mol. The lowest BCUT2D eigenvalue weighted by Gasteiger charge is -2.43. The van der Waals surface area contributed by atoms with Crippen molar-refractivity contribution in [3.8, 4) is 0 Å². The number of nitrogens with zero attached hydrogens (tertiary/aromatic N) is 1. The van der Waals surface area contributed by atoms with Gasteiger partial charge in [-0.2, -0.15) is 0 Å². The van der Waals surface area contributed by atoms with E-state index in [1.807, 2.05) is 0 Å². The highest BCUT2D eigenvalue weighted by Crippen LogP contribution is 2.45. The van der Waals surface area contributed by atoms with Crippen molar-refractivity contribution in [2.75, 3.05) is 0 Å². The standard InChI is InChI=1S/C21H38N2O5Si2/c1-14-16(27-29(8,9)20(2,3)4)17(28-30(10,11)21(5,6)7)18(26-14)23-13-12-15(24)22-19(23)25/h12-13,16-18H,1H2,2-11H3,(H,22,24,25)/t16-,17+,18+/m0/s1. The van der Waals surface area contributed by atoms with Gasteiger partial charge in [-0.1, -0.05) is 48.1 Å². The third-order valence-corrected chi connectivity index (χ3v) is 15.7. The largest absolute Gasteiger partial charge is 0.469 e. The Hall–Kier alpha value is -1.43. The minimum atomic E-state index is -2.24. The maximum absolute atomic E-state index is 12.5. The Morgan fingerprint density at radius 1 is 1.00 bits per heavy atom. The molecule has 0 saturated carbocycles. The van der Waals surface area contributed by atoms with Crippen molar-refractivity contribution in [3.05, 3.63) is 45.4 Å². The van der Waals surface area contributed by atoms with E-state index in [0.717, 1.165) is 0 Å². The van der Waals surface area contributed by atoms with Crippen LogP contribution >= 0.6 is 0 Å². The van der Waals surface area contributed by atoms with Crippen molar-refractivity contribution in [2.24, 2.45) is 0 Å². The van der Waals surface area contributed by atoms with Gasteiger partial charge in [0, 0.05) is 12.3 Å². The number of rotatable bonds is 5. The van der Waals surface area contributed by atoms with Gasteiger partial charge in [0.15, 0.2) is 16.6 Å². The fourth-order valence-electron chi connectivity index (χ4n) is 2.73. The van der Waals surface area contributed by atoms with Crippen LogP contribution in [-0.4, -0.2) is 38.4 Å². The van der Waals surface area contributed by atoms with Crippen molar-refractivity contribution in [1.29, 1.82) is 0 Å². The van der Waals surface area contributed by atoms with Crippen molar-refractivity contribution >= 4 is 16.6 Å². The molecular weight excluding hydrogens is 416 g/mol. The van der Waals surface area contributed by atoms with E-state index >= 15 is 0 Å². The smallest absolute Gasteiger partial charge is 0.331 e. The lowest BCUT2D eigenvalue weighted by Crippen LogP contribution is -2.52. The summed E-state index contributed by atoms with van der Waals surface area (Å²) in [6.07, 6.45) is -0.360. The average Bonchev–Trinajstić information content (AvgIpc) is 2.81. The Morgan fingerprint density at radius 3 is 1.97 bits per heavy atom. The Bertz CT molecular complexity index is 905. The molecule has 1 fully saturated rings. The Balaban J connectivity index is 2.54. The van der Waals surface area contributed by atoms with Gasteiger partial charge in [0.2, 0.25) is 6.23 Å². The summed E-state index contributed by atoms with van der Waals surface area (Å²) >= 11 is 0. The first-order chi connectivity index (χ1) is 13.4. The summed E-state index contributed by atoms with van der Waals surface area (Å²) in [5, 5.41) is -0.0549. The Labute approximate surface area is 181 Å². The molecule has 1 N–H and O–H groups in total. The zero-order valence-electron chi connectivity index (χ0n) is 20.1. The van der Waals surface area contributed by atoms with Gasteiger partial charge in [-0.3, -0.25) is 14.3 Å². The van der Waals surface area contributed by atoms with Crippen LogP contribution in [0.5, 0.6) is 0 Å². The predicted octanol–water partition coefficient (Wildman–Crippen LogP) is 4.36. The first kappa shape index (κ1) is 24.8. The van der Waals surface area contributed by atoms with E-state index in [1.54, 1.807) is 0 Å². The van der Waals surface area contributed by atoms with E-state index < -0.39 is 46.3 Å². The lowest BCUT2D eigenvalue weighted by atomic mass is 10.2. The fraction of sp³-hybridized carbons (Fsp3) is 0.714. The normalized spacial score (nSPS) is 23.5. The van der Waals surface area contributed by atoms with Crippen LogP contribution in [-0.2, 0) is 13.6 Å². The average molecular weight is 455 g/mol. The minimum absolute atomic E-state index is 0.0122. The van der Waals surface area contributed by atoms with Gasteiger partial charge in [0.1, 0.15) is 18.0 Å². The number of nitrogens with one attached hydrogen (secondary N) is 1. The van der Waals surface area contributed by atoms with Gasteiger partial charge < -0.3 is 13.6 Å². The molecule has 7 nitrogen and oxygen atoms in total. The monoisotopic (exact) mass is 454 g/mol. The fourth-order valence-corrected chi connectivity index (χ4v) is 5.26. The van der Waals surface area contributed by atoms with Crippen LogP contribution < -0.4 is 11.2 Å². The first-order valence-corrected chi connectivity index (χ1v) is 16.2. The Kier molecular flexibility index (Phi) is 6.56. The summed E-state index contributed by atoms with van der Waals surface area (Å²) in [4.78, 5) is 26.4. The van der Waals surface area contributed by atoms with Crippen molar-refractivity contribution in [1.82, 2.24) is 9.55 Å². The molecule has 0 aliphatic carbocycles. The highest BCUT2D eigenvalue weighted by atomic mass is 28.4. The van der Waals surface area contributed by atoms with E-state index in [2.05, 4.69) is 79.3 Å². The minimum Gasteiger partial charge on any atom is -0.469 e. The summed E-state index contributed by atoms with van der Waals surface area (Å²) in [6.45, 7) is 25.7.